The lowest BCUT2D eigenvalue weighted by Crippen LogP contribution is -2.11. The Bertz CT molecular complexity index is 513. The van der Waals surface area contributed by atoms with Crippen molar-refractivity contribution in [1.29, 1.82) is 0 Å². The smallest absolute Gasteiger partial charge is 0.135 e. The minimum Gasteiger partial charge on any atom is -0.363 e. The van der Waals surface area contributed by atoms with Crippen LogP contribution in [0.5, 0.6) is 0 Å². The predicted octanol–water partition coefficient (Wildman–Crippen LogP) is 3.05. The fourth-order valence-electron chi connectivity index (χ4n) is 1.37. The maximum atomic E-state index is 4.18. The van der Waals surface area contributed by atoms with Crippen LogP contribution in [0.2, 0.25) is 0 Å². The minimum absolute atomic E-state index is 0.779. The number of halogens is 1. The molecule has 0 spiro atoms. The molecule has 0 aliphatic rings. The van der Waals surface area contributed by atoms with Gasteiger partial charge in [-0.15, -0.1) is 0 Å². The van der Waals surface area contributed by atoms with Crippen LogP contribution in [0, 0.1) is 0 Å². The zero-order valence-electron chi connectivity index (χ0n) is 9.68. The van der Waals surface area contributed by atoms with Gasteiger partial charge in [-0.25, -0.2) is 9.97 Å². The summed E-state index contributed by atoms with van der Waals surface area (Å²) in [6, 6.07) is 9.84. The van der Waals surface area contributed by atoms with Gasteiger partial charge in [-0.1, -0.05) is 22.0 Å². The van der Waals surface area contributed by atoms with Crippen LogP contribution < -0.4 is 10.2 Å². The molecule has 0 fully saturated rings. The highest BCUT2D eigenvalue weighted by Gasteiger charge is 2.01. The first-order valence-corrected chi connectivity index (χ1v) is 5.96. The summed E-state index contributed by atoms with van der Waals surface area (Å²) in [6.45, 7) is 0. The van der Waals surface area contributed by atoms with Crippen molar-refractivity contribution >= 4 is 33.3 Å². The van der Waals surface area contributed by atoms with E-state index in [1.165, 1.54) is 0 Å². The summed E-state index contributed by atoms with van der Waals surface area (Å²) in [6.07, 6.45) is 1.55. The third-order valence-corrected chi connectivity index (χ3v) is 2.70. The fourth-order valence-corrected chi connectivity index (χ4v) is 1.77. The topological polar surface area (TPSA) is 41.0 Å². The van der Waals surface area contributed by atoms with Gasteiger partial charge in [0.05, 0.1) is 0 Å². The number of rotatable bonds is 3. The van der Waals surface area contributed by atoms with Crippen LogP contribution in [0.4, 0.5) is 17.3 Å². The Balaban J connectivity index is 2.21. The van der Waals surface area contributed by atoms with Gasteiger partial charge in [0.1, 0.15) is 18.0 Å². The zero-order chi connectivity index (χ0) is 12.3. The third kappa shape index (κ3) is 3.17. The second kappa shape index (κ2) is 5.14. The van der Waals surface area contributed by atoms with E-state index in [2.05, 4.69) is 31.2 Å². The van der Waals surface area contributed by atoms with Gasteiger partial charge >= 0.3 is 0 Å². The lowest BCUT2D eigenvalue weighted by molar-refractivity contribution is 1.04. The van der Waals surface area contributed by atoms with Crippen molar-refractivity contribution in [3.05, 3.63) is 41.1 Å². The summed E-state index contributed by atoms with van der Waals surface area (Å²) >= 11 is 3.43. The molecule has 1 heterocycles. The van der Waals surface area contributed by atoms with Gasteiger partial charge < -0.3 is 10.2 Å². The van der Waals surface area contributed by atoms with Crippen molar-refractivity contribution in [2.75, 3.05) is 24.3 Å². The molecule has 2 rings (SSSR count). The first kappa shape index (κ1) is 11.9. The van der Waals surface area contributed by atoms with Crippen LogP contribution in [0.3, 0.4) is 0 Å². The standard InChI is InChI=1S/C12H13BrN4/c1-17(2)12-7-11(14-8-15-12)16-10-5-3-4-9(13)6-10/h3-8H,1-2H3,(H,14,15,16). The molecule has 1 aromatic heterocycles. The molecule has 0 aliphatic carbocycles. The second-order valence-corrected chi connectivity index (χ2v) is 4.71. The second-order valence-electron chi connectivity index (χ2n) is 3.79. The quantitative estimate of drug-likeness (QED) is 0.944. The van der Waals surface area contributed by atoms with E-state index in [-0.39, 0.29) is 0 Å². The van der Waals surface area contributed by atoms with Crippen LogP contribution >= 0.6 is 15.9 Å². The highest BCUT2D eigenvalue weighted by Crippen LogP contribution is 2.20. The molecule has 0 aliphatic heterocycles. The Labute approximate surface area is 109 Å². The first-order chi connectivity index (χ1) is 8.15. The number of hydrogen-bond acceptors (Lipinski definition) is 4. The molecule has 0 unspecified atom stereocenters. The van der Waals surface area contributed by atoms with Gasteiger partial charge in [0.2, 0.25) is 0 Å². The monoisotopic (exact) mass is 292 g/mol. The summed E-state index contributed by atoms with van der Waals surface area (Å²) in [5.41, 5.74) is 0.989. The molecule has 4 nitrogen and oxygen atoms in total. The summed E-state index contributed by atoms with van der Waals surface area (Å²) < 4.78 is 1.03. The Morgan fingerprint density at radius 3 is 2.71 bits per heavy atom. The van der Waals surface area contributed by atoms with E-state index in [1.54, 1.807) is 6.33 Å². The van der Waals surface area contributed by atoms with E-state index >= 15 is 0 Å². The molecular weight excluding hydrogens is 280 g/mol. The number of anilines is 3. The molecule has 1 aromatic carbocycles. The maximum absolute atomic E-state index is 4.18. The van der Waals surface area contributed by atoms with E-state index in [1.807, 2.05) is 49.3 Å². The minimum atomic E-state index is 0.779. The van der Waals surface area contributed by atoms with Crippen molar-refractivity contribution in [3.8, 4) is 0 Å². The molecule has 0 saturated heterocycles. The summed E-state index contributed by atoms with van der Waals surface area (Å²) in [5, 5.41) is 3.23. The average Bonchev–Trinajstić information content (AvgIpc) is 2.29. The summed E-state index contributed by atoms with van der Waals surface area (Å²) in [4.78, 5) is 10.3. The van der Waals surface area contributed by atoms with Gasteiger partial charge in [-0.05, 0) is 18.2 Å². The number of hydrogen-bond donors (Lipinski definition) is 1. The molecular formula is C12H13BrN4. The average molecular weight is 293 g/mol. The zero-order valence-corrected chi connectivity index (χ0v) is 11.3. The first-order valence-electron chi connectivity index (χ1n) is 5.17. The SMILES string of the molecule is CN(C)c1cc(Nc2cccc(Br)c2)ncn1. The van der Waals surface area contributed by atoms with E-state index in [4.69, 9.17) is 0 Å². The maximum Gasteiger partial charge on any atom is 0.135 e. The Morgan fingerprint density at radius 1 is 1.18 bits per heavy atom. The summed E-state index contributed by atoms with van der Waals surface area (Å²) in [5.74, 6) is 1.65. The normalized spacial score (nSPS) is 10.1. The van der Waals surface area contributed by atoms with Crippen molar-refractivity contribution < 1.29 is 0 Å². The van der Waals surface area contributed by atoms with Crippen LogP contribution in [0.15, 0.2) is 41.1 Å². The van der Waals surface area contributed by atoms with Crippen molar-refractivity contribution in [3.63, 3.8) is 0 Å². The van der Waals surface area contributed by atoms with Crippen LogP contribution in [0.1, 0.15) is 0 Å². The molecule has 88 valence electrons. The van der Waals surface area contributed by atoms with Gasteiger partial charge in [0.25, 0.3) is 0 Å². The van der Waals surface area contributed by atoms with E-state index < -0.39 is 0 Å². The Kier molecular flexibility index (Phi) is 3.58. The molecule has 0 radical (unpaired) electrons. The van der Waals surface area contributed by atoms with E-state index in [0.29, 0.717) is 0 Å². The number of aromatic nitrogens is 2. The van der Waals surface area contributed by atoms with E-state index in [0.717, 1.165) is 21.8 Å². The Hall–Kier alpha value is -1.62. The predicted molar refractivity (Wildman–Crippen MR) is 73.8 cm³/mol. The van der Waals surface area contributed by atoms with E-state index in [9.17, 15) is 0 Å². The number of nitrogens with zero attached hydrogens (tertiary/aromatic N) is 3. The molecule has 5 heteroatoms. The fraction of sp³-hybridized carbons (Fsp3) is 0.167. The number of benzene rings is 1. The molecule has 0 atom stereocenters. The van der Waals surface area contributed by atoms with Gasteiger partial charge in [-0.2, -0.15) is 0 Å². The molecule has 0 amide bonds. The van der Waals surface area contributed by atoms with Crippen LogP contribution in [0.25, 0.3) is 0 Å². The van der Waals surface area contributed by atoms with Crippen molar-refractivity contribution in [2.24, 2.45) is 0 Å². The van der Waals surface area contributed by atoms with Crippen LogP contribution in [-0.2, 0) is 0 Å². The molecule has 0 bridgehead atoms. The Morgan fingerprint density at radius 2 is 2.00 bits per heavy atom. The van der Waals surface area contributed by atoms with Crippen LogP contribution in [-0.4, -0.2) is 24.1 Å². The third-order valence-electron chi connectivity index (χ3n) is 2.21. The molecule has 17 heavy (non-hydrogen) atoms. The summed E-state index contributed by atoms with van der Waals surface area (Å²) in [7, 11) is 3.90. The molecule has 1 N–H and O–H groups in total. The largest absolute Gasteiger partial charge is 0.363 e. The van der Waals surface area contributed by atoms with Gasteiger partial charge in [0, 0.05) is 30.3 Å². The lowest BCUT2D eigenvalue weighted by atomic mass is 10.3. The van der Waals surface area contributed by atoms with Crippen molar-refractivity contribution in [2.45, 2.75) is 0 Å². The van der Waals surface area contributed by atoms with Gasteiger partial charge in [0.15, 0.2) is 0 Å². The number of nitrogens with one attached hydrogen (secondary N) is 1. The lowest BCUT2D eigenvalue weighted by Gasteiger charge is -2.12. The molecule has 2 aromatic rings. The van der Waals surface area contributed by atoms with Gasteiger partial charge in [-0.3, -0.25) is 0 Å². The highest BCUT2D eigenvalue weighted by molar-refractivity contribution is 9.10. The molecule has 0 saturated carbocycles. The van der Waals surface area contributed by atoms with Crippen molar-refractivity contribution in [1.82, 2.24) is 9.97 Å². The highest BCUT2D eigenvalue weighted by atomic mass is 79.9.